The summed E-state index contributed by atoms with van der Waals surface area (Å²) in [6.45, 7) is 0. The van der Waals surface area contributed by atoms with Crippen molar-refractivity contribution in [3.63, 3.8) is 0 Å². The highest BCUT2D eigenvalue weighted by molar-refractivity contribution is 5.14. The molecular formula is C12H19N3. The van der Waals surface area contributed by atoms with Crippen LogP contribution in [0.4, 0.5) is 0 Å². The predicted octanol–water partition coefficient (Wildman–Crippen LogP) is 1.60. The van der Waals surface area contributed by atoms with Crippen molar-refractivity contribution in [2.75, 3.05) is 0 Å². The summed E-state index contributed by atoms with van der Waals surface area (Å²) >= 11 is 0. The van der Waals surface area contributed by atoms with E-state index in [9.17, 15) is 0 Å². The third kappa shape index (κ3) is 2.55. The van der Waals surface area contributed by atoms with Gasteiger partial charge in [0.2, 0.25) is 0 Å². The predicted molar refractivity (Wildman–Crippen MR) is 61.1 cm³/mol. The second kappa shape index (κ2) is 4.73. The Hall–Kier alpha value is -0.930. The number of pyridine rings is 1. The molecule has 82 valence electrons. The molecule has 3 nitrogen and oxygen atoms in total. The third-order valence-corrected chi connectivity index (χ3v) is 3.39. The number of aromatic nitrogens is 1. The fourth-order valence-corrected chi connectivity index (χ4v) is 2.35. The smallest absolute Gasteiger partial charge is 0.0338 e. The minimum absolute atomic E-state index is 0.131. The third-order valence-electron chi connectivity index (χ3n) is 3.39. The van der Waals surface area contributed by atoms with Gasteiger partial charge in [0, 0.05) is 24.5 Å². The van der Waals surface area contributed by atoms with Crippen LogP contribution >= 0.6 is 0 Å². The Kier molecular flexibility index (Phi) is 3.34. The van der Waals surface area contributed by atoms with Gasteiger partial charge in [-0.15, -0.1) is 0 Å². The van der Waals surface area contributed by atoms with Gasteiger partial charge in [-0.25, -0.2) is 0 Å². The van der Waals surface area contributed by atoms with Gasteiger partial charge in [0.25, 0.3) is 0 Å². The highest BCUT2D eigenvalue weighted by atomic mass is 14.7. The van der Waals surface area contributed by atoms with E-state index in [2.05, 4.69) is 11.1 Å². The van der Waals surface area contributed by atoms with Crippen LogP contribution in [0.5, 0.6) is 0 Å². The summed E-state index contributed by atoms with van der Waals surface area (Å²) in [6.07, 6.45) is 8.18. The monoisotopic (exact) mass is 205 g/mol. The van der Waals surface area contributed by atoms with Crippen LogP contribution in [0.15, 0.2) is 24.5 Å². The Bertz CT molecular complexity index is 291. The maximum atomic E-state index is 6.23. The van der Waals surface area contributed by atoms with Gasteiger partial charge in [0.1, 0.15) is 0 Å². The van der Waals surface area contributed by atoms with Crippen LogP contribution in [-0.2, 0) is 0 Å². The van der Waals surface area contributed by atoms with Gasteiger partial charge in [-0.1, -0.05) is 6.07 Å². The van der Waals surface area contributed by atoms with Crippen LogP contribution in [0, 0.1) is 5.92 Å². The second-order valence-electron chi connectivity index (χ2n) is 4.49. The minimum Gasteiger partial charge on any atom is -0.328 e. The standard InChI is InChI=1S/C12H19N3/c13-11-5-3-9(4-6-11)12(14)10-2-1-7-15-8-10/h1-2,7-9,11-12H,3-6,13-14H2. The molecule has 1 aliphatic rings. The van der Waals surface area contributed by atoms with E-state index in [-0.39, 0.29) is 6.04 Å². The number of hydrogen-bond donors (Lipinski definition) is 2. The van der Waals surface area contributed by atoms with Gasteiger partial charge in [0.15, 0.2) is 0 Å². The Morgan fingerprint density at radius 3 is 2.60 bits per heavy atom. The van der Waals surface area contributed by atoms with E-state index < -0.39 is 0 Å². The van der Waals surface area contributed by atoms with Crippen molar-refractivity contribution in [1.82, 2.24) is 4.98 Å². The van der Waals surface area contributed by atoms with E-state index in [4.69, 9.17) is 11.5 Å². The fourth-order valence-electron chi connectivity index (χ4n) is 2.35. The molecular weight excluding hydrogens is 186 g/mol. The van der Waals surface area contributed by atoms with E-state index in [0.717, 1.165) is 31.2 Å². The first kappa shape index (κ1) is 10.6. The number of nitrogens with two attached hydrogens (primary N) is 2. The summed E-state index contributed by atoms with van der Waals surface area (Å²) in [5.41, 5.74) is 13.3. The molecule has 0 aromatic carbocycles. The van der Waals surface area contributed by atoms with Gasteiger partial charge in [-0.2, -0.15) is 0 Å². The molecule has 2 rings (SSSR count). The minimum atomic E-state index is 0.131. The average molecular weight is 205 g/mol. The Labute approximate surface area is 90.9 Å². The molecule has 1 atom stereocenters. The Balaban J connectivity index is 1.99. The van der Waals surface area contributed by atoms with Crippen LogP contribution in [0.3, 0.4) is 0 Å². The zero-order chi connectivity index (χ0) is 10.7. The van der Waals surface area contributed by atoms with Crippen LogP contribution in [0.25, 0.3) is 0 Å². The van der Waals surface area contributed by atoms with E-state index in [0.29, 0.717) is 12.0 Å². The van der Waals surface area contributed by atoms with Gasteiger partial charge in [-0.3, -0.25) is 4.98 Å². The summed E-state index contributed by atoms with van der Waals surface area (Å²) in [4.78, 5) is 4.11. The molecule has 1 heterocycles. The molecule has 1 unspecified atom stereocenters. The first-order valence-electron chi connectivity index (χ1n) is 5.68. The van der Waals surface area contributed by atoms with Gasteiger partial charge >= 0.3 is 0 Å². The van der Waals surface area contributed by atoms with Crippen LogP contribution in [0.2, 0.25) is 0 Å². The number of nitrogens with zero attached hydrogens (tertiary/aromatic N) is 1. The molecule has 1 aromatic heterocycles. The molecule has 0 bridgehead atoms. The molecule has 0 radical (unpaired) electrons. The number of rotatable bonds is 2. The van der Waals surface area contributed by atoms with Crippen molar-refractivity contribution in [2.45, 2.75) is 37.8 Å². The van der Waals surface area contributed by atoms with Gasteiger partial charge in [-0.05, 0) is 43.2 Å². The summed E-state index contributed by atoms with van der Waals surface area (Å²) < 4.78 is 0. The first-order chi connectivity index (χ1) is 7.27. The lowest BCUT2D eigenvalue weighted by molar-refractivity contribution is 0.284. The van der Waals surface area contributed by atoms with E-state index in [1.54, 1.807) is 6.20 Å². The topological polar surface area (TPSA) is 64.9 Å². The average Bonchev–Trinajstić information content (AvgIpc) is 2.30. The second-order valence-corrected chi connectivity index (χ2v) is 4.49. The van der Waals surface area contributed by atoms with Crippen LogP contribution in [0.1, 0.15) is 37.3 Å². The maximum absolute atomic E-state index is 6.23. The normalized spacial score (nSPS) is 28.7. The molecule has 1 fully saturated rings. The van der Waals surface area contributed by atoms with E-state index >= 15 is 0 Å². The van der Waals surface area contributed by atoms with E-state index in [1.807, 2.05) is 12.3 Å². The highest BCUT2D eigenvalue weighted by Crippen LogP contribution is 2.32. The maximum Gasteiger partial charge on any atom is 0.0338 e. The molecule has 1 aromatic rings. The van der Waals surface area contributed by atoms with Crippen molar-refractivity contribution in [2.24, 2.45) is 17.4 Å². The lowest BCUT2D eigenvalue weighted by atomic mass is 9.80. The van der Waals surface area contributed by atoms with Crippen molar-refractivity contribution in [3.05, 3.63) is 30.1 Å². The molecule has 1 aliphatic carbocycles. The quantitative estimate of drug-likeness (QED) is 0.770. The van der Waals surface area contributed by atoms with Gasteiger partial charge in [0.05, 0.1) is 0 Å². The summed E-state index contributed by atoms with van der Waals surface area (Å²) in [6, 6.07) is 4.53. The summed E-state index contributed by atoms with van der Waals surface area (Å²) in [5.74, 6) is 0.578. The fraction of sp³-hybridized carbons (Fsp3) is 0.583. The van der Waals surface area contributed by atoms with Crippen LogP contribution in [-0.4, -0.2) is 11.0 Å². The molecule has 0 saturated heterocycles. The lowest BCUT2D eigenvalue weighted by Gasteiger charge is -2.30. The SMILES string of the molecule is NC1CCC(C(N)c2cccnc2)CC1. The largest absolute Gasteiger partial charge is 0.328 e. The molecule has 0 aliphatic heterocycles. The zero-order valence-electron chi connectivity index (χ0n) is 8.97. The van der Waals surface area contributed by atoms with Crippen LogP contribution < -0.4 is 11.5 Å². The zero-order valence-corrected chi connectivity index (χ0v) is 8.97. The van der Waals surface area contributed by atoms with Gasteiger partial charge < -0.3 is 11.5 Å². The summed E-state index contributed by atoms with van der Waals surface area (Å²) in [5, 5.41) is 0. The highest BCUT2D eigenvalue weighted by Gasteiger charge is 2.24. The summed E-state index contributed by atoms with van der Waals surface area (Å²) in [7, 11) is 0. The Morgan fingerprint density at radius 1 is 1.27 bits per heavy atom. The lowest BCUT2D eigenvalue weighted by Crippen LogP contribution is -2.31. The first-order valence-corrected chi connectivity index (χ1v) is 5.68. The molecule has 15 heavy (non-hydrogen) atoms. The molecule has 0 spiro atoms. The van der Waals surface area contributed by atoms with Crippen molar-refractivity contribution in [3.8, 4) is 0 Å². The number of hydrogen-bond acceptors (Lipinski definition) is 3. The van der Waals surface area contributed by atoms with Crippen molar-refractivity contribution >= 4 is 0 Å². The molecule has 0 amide bonds. The molecule has 4 N–H and O–H groups in total. The van der Waals surface area contributed by atoms with Crippen molar-refractivity contribution < 1.29 is 0 Å². The molecule has 3 heteroatoms. The molecule has 1 saturated carbocycles. The Morgan fingerprint density at radius 2 is 2.00 bits per heavy atom. The van der Waals surface area contributed by atoms with E-state index in [1.165, 1.54) is 0 Å². The van der Waals surface area contributed by atoms with Crippen molar-refractivity contribution in [1.29, 1.82) is 0 Å².